The predicted molar refractivity (Wildman–Crippen MR) is 71.3 cm³/mol. The lowest BCUT2D eigenvalue weighted by Crippen LogP contribution is -2.33. The Balaban J connectivity index is 2.52. The van der Waals surface area contributed by atoms with Crippen molar-refractivity contribution in [1.82, 2.24) is 10.0 Å². The summed E-state index contributed by atoms with van der Waals surface area (Å²) in [6.07, 6.45) is 0. The van der Waals surface area contributed by atoms with Crippen molar-refractivity contribution in [3.63, 3.8) is 0 Å². The Morgan fingerprint density at radius 3 is 2.68 bits per heavy atom. The fourth-order valence-electron chi connectivity index (χ4n) is 1.34. The average molecular weight is 311 g/mol. The van der Waals surface area contributed by atoms with Crippen LogP contribution < -0.4 is 10.0 Å². The van der Waals surface area contributed by atoms with E-state index < -0.39 is 20.7 Å². The summed E-state index contributed by atoms with van der Waals surface area (Å²) in [6.45, 7) is 1.75. The average Bonchev–Trinajstić information content (AvgIpc) is 2.33. The van der Waals surface area contributed by atoms with Gasteiger partial charge in [0, 0.05) is 31.8 Å². The molecule has 0 aliphatic carbocycles. The highest BCUT2D eigenvalue weighted by molar-refractivity contribution is 7.89. The number of sulfonamides is 1. The van der Waals surface area contributed by atoms with Crippen LogP contribution in [0.1, 0.15) is 0 Å². The van der Waals surface area contributed by atoms with Crippen LogP contribution in [0.25, 0.3) is 0 Å². The van der Waals surface area contributed by atoms with Gasteiger partial charge in [-0.15, -0.1) is 0 Å². The Kier molecular flexibility index (Phi) is 6.67. The zero-order valence-electron chi connectivity index (χ0n) is 10.4. The second-order valence-corrected chi connectivity index (χ2v) is 5.89. The monoisotopic (exact) mass is 310 g/mol. The highest BCUT2D eigenvalue weighted by Gasteiger charge is 2.18. The second kappa shape index (κ2) is 7.76. The topological polar surface area (TPSA) is 67.4 Å². The van der Waals surface area contributed by atoms with E-state index in [-0.39, 0.29) is 11.6 Å². The zero-order valence-corrected chi connectivity index (χ0v) is 12.0. The molecule has 0 bridgehead atoms. The van der Waals surface area contributed by atoms with Gasteiger partial charge in [0.15, 0.2) is 0 Å². The SMILES string of the molecule is COCCNCCNS(=O)(=O)c1ccc(Cl)cc1F. The van der Waals surface area contributed by atoms with Gasteiger partial charge in [-0.2, -0.15) is 0 Å². The molecule has 0 spiro atoms. The summed E-state index contributed by atoms with van der Waals surface area (Å²) in [5.74, 6) is -0.868. The van der Waals surface area contributed by atoms with Crippen LogP contribution in [0, 0.1) is 5.82 Å². The number of hydrogen-bond donors (Lipinski definition) is 2. The first-order valence-electron chi connectivity index (χ1n) is 5.62. The third-order valence-corrected chi connectivity index (χ3v) is 3.99. The number of benzene rings is 1. The number of hydrogen-bond acceptors (Lipinski definition) is 4. The molecule has 1 aromatic rings. The number of rotatable bonds is 8. The van der Waals surface area contributed by atoms with E-state index in [1.54, 1.807) is 7.11 Å². The van der Waals surface area contributed by atoms with Gasteiger partial charge in [-0.05, 0) is 18.2 Å². The summed E-state index contributed by atoms with van der Waals surface area (Å²) in [5, 5.41) is 3.12. The number of halogens is 2. The molecule has 2 N–H and O–H groups in total. The lowest BCUT2D eigenvalue weighted by atomic mass is 10.3. The molecule has 0 aromatic heterocycles. The molecule has 5 nitrogen and oxygen atoms in total. The van der Waals surface area contributed by atoms with Crippen LogP contribution in [0.2, 0.25) is 5.02 Å². The van der Waals surface area contributed by atoms with Crippen molar-refractivity contribution >= 4 is 21.6 Å². The van der Waals surface area contributed by atoms with Gasteiger partial charge in [0.1, 0.15) is 10.7 Å². The molecule has 19 heavy (non-hydrogen) atoms. The van der Waals surface area contributed by atoms with Crippen molar-refractivity contribution in [2.24, 2.45) is 0 Å². The maximum atomic E-state index is 13.5. The first kappa shape index (κ1) is 16.3. The van der Waals surface area contributed by atoms with Crippen molar-refractivity contribution in [1.29, 1.82) is 0 Å². The fraction of sp³-hybridized carbons (Fsp3) is 0.455. The fourth-order valence-corrected chi connectivity index (χ4v) is 2.59. The summed E-state index contributed by atoms with van der Waals surface area (Å²) in [5.41, 5.74) is 0. The van der Waals surface area contributed by atoms with E-state index in [1.165, 1.54) is 6.07 Å². The van der Waals surface area contributed by atoms with Crippen molar-refractivity contribution < 1.29 is 17.5 Å². The number of nitrogens with one attached hydrogen (secondary N) is 2. The third-order valence-electron chi connectivity index (χ3n) is 2.26. The summed E-state index contributed by atoms with van der Waals surface area (Å²) in [4.78, 5) is -0.409. The summed E-state index contributed by atoms with van der Waals surface area (Å²) >= 11 is 5.57. The Labute approximate surface area is 117 Å². The van der Waals surface area contributed by atoms with Crippen molar-refractivity contribution in [2.45, 2.75) is 4.90 Å². The van der Waals surface area contributed by atoms with Crippen LogP contribution in [0.3, 0.4) is 0 Å². The molecule has 0 aliphatic rings. The van der Waals surface area contributed by atoms with Crippen LogP contribution in [0.5, 0.6) is 0 Å². The third kappa shape index (κ3) is 5.42. The maximum Gasteiger partial charge on any atom is 0.243 e. The molecule has 0 saturated heterocycles. The van der Waals surface area contributed by atoms with Crippen molar-refractivity contribution in [2.75, 3.05) is 33.4 Å². The minimum Gasteiger partial charge on any atom is -0.383 e. The quantitative estimate of drug-likeness (QED) is 0.703. The summed E-state index contributed by atoms with van der Waals surface area (Å²) < 4.78 is 44.2. The molecule has 0 atom stereocenters. The van der Waals surface area contributed by atoms with Gasteiger partial charge >= 0.3 is 0 Å². The highest BCUT2D eigenvalue weighted by atomic mass is 35.5. The van der Waals surface area contributed by atoms with Crippen molar-refractivity contribution in [3.05, 3.63) is 29.0 Å². The first-order valence-corrected chi connectivity index (χ1v) is 7.48. The molecule has 8 heteroatoms. The lowest BCUT2D eigenvalue weighted by molar-refractivity contribution is 0.199. The first-order chi connectivity index (χ1) is 8.97. The lowest BCUT2D eigenvalue weighted by Gasteiger charge is -2.08. The van der Waals surface area contributed by atoms with E-state index in [4.69, 9.17) is 16.3 Å². The van der Waals surface area contributed by atoms with Gasteiger partial charge in [0.25, 0.3) is 0 Å². The predicted octanol–water partition coefficient (Wildman–Crippen LogP) is 0.993. The molecule has 0 radical (unpaired) electrons. The van der Waals surface area contributed by atoms with Gasteiger partial charge in [-0.1, -0.05) is 11.6 Å². The molecule has 0 aliphatic heterocycles. The summed E-state index contributed by atoms with van der Waals surface area (Å²) in [7, 11) is -2.28. The normalized spacial score (nSPS) is 11.7. The number of ether oxygens (including phenoxy) is 1. The van der Waals surface area contributed by atoms with E-state index >= 15 is 0 Å². The van der Waals surface area contributed by atoms with Crippen LogP contribution >= 0.6 is 11.6 Å². The molecule has 0 unspecified atom stereocenters. The van der Waals surface area contributed by atoms with E-state index in [0.29, 0.717) is 19.7 Å². The van der Waals surface area contributed by atoms with Gasteiger partial charge in [-0.25, -0.2) is 17.5 Å². The molecular formula is C11H16ClFN2O3S. The zero-order chi connectivity index (χ0) is 14.3. The highest BCUT2D eigenvalue weighted by Crippen LogP contribution is 2.18. The molecule has 0 fully saturated rings. The second-order valence-electron chi connectivity index (χ2n) is 3.72. The standard InChI is InChI=1S/C11H16ClFN2O3S/c1-18-7-6-14-4-5-15-19(16,17)11-3-2-9(12)8-10(11)13/h2-3,8,14-15H,4-7H2,1H3. The largest absolute Gasteiger partial charge is 0.383 e. The molecular weight excluding hydrogens is 295 g/mol. The van der Waals surface area contributed by atoms with Crippen LogP contribution in [0.15, 0.2) is 23.1 Å². The minimum atomic E-state index is -3.86. The molecule has 0 saturated carbocycles. The Bertz CT molecular complexity index is 511. The van der Waals surface area contributed by atoms with Crippen LogP contribution in [-0.4, -0.2) is 41.8 Å². The van der Waals surface area contributed by atoms with Gasteiger partial charge in [0.2, 0.25) is 10.0 Å². The van der Waals surface area contributed by atoms with Gasteiger partial charge in [0.05, 0.1) is 6.61 Å². The Morgan fingerprint density at radius 2 is 2.05 bits per heavy atom. The van der Waals surface area contributed by atoms with Crippen LogP contribution in [-0.2, 0) is 14.8 Å². The maximum absolute atomic E-state index is 13.5. The molecule has 1 rings (SSSR count). The Hall–Kier alpha value is -0.730. The molecule has 1 aromatic carbocycles. The number of methoxy groups -OCH3 is 1. The van der Waals surface area contributed by atoms with E-state index in [9.17, 15) is 12.8 Å². The van der Waals surface area contributed by atoms with Gasteiger partial charge < -0.3 is 10.1 Å². The molecule has 108 valence electrons. The molecule has 0 amide bonds. The van der Waals surface area contributed by atoms with Gasteiger partial charge in [-0.3, -0.25) is 0 Å². The molecule has 0 heterocycles. The van der Waals surface area contributed by atoms with E-state index in [1.807, 2.05) is 0 Å². The van der Waals surface area contributed by atoms with E-state index in [2.05, 4.69) is 10.0 Å². The van der Waals surface area contributed by atoms with E-state index in [0.717, 1.165) is 12.1 Å². The smallest absolute Gasteiger partial charge is 0.243 e. The van der Waals surface area contributed by atoms with Crippen LogP contribution in [0.4, 0.5) is 4.39 Å². The van der Waals surface area contributed by atoms with Crippen molar-refractivity contribution in [3.8, 4) is 0 Å². The minimum absolute atomic E-state index is 0.151. The summed E-state index contributed by atoms with van der Waals surface area (Å²) in [6, 6.07) is 3.43. The Morgan fingerprint density at radius 1 is 1.32 bits per heavy atom.